The first-order valence-corrected chi connectivity index (χ1v) is 10.8. The molecule has 0 unspecified atom stereocenters. The van der Waals surface area contributed by atoms with Gasteiger partial charge in [-0.15, -0.1) is 0 Å². The molecule has 0 radical (unpaired) electrons. The minimum absolute atomic E-state index is 0.0463. The van der Waals surface area contributed by atoms with Crippen LogP contribution in [0.25, 0.3) is 6.08 Å². The topological polar surface area (TPSA) is 79.6 Å². The second kappa shape index (κ2) is 9.34. The molecule has 1 aromatic heterocycles. The third-order valence-electron chi connectivity index (χ3n) is 4.34. The predicted octanol–water partition coefficient (Wildman–Crippen LogP) is 4.63. The number of carboxylic acids is 1. The lowest BCUT2D eigenvalue weighted by atomic mass is 10.0. The number of aryl methyl sites for hydroxylation is 1. The maximum absolute atomic E-state index is 13.0. The predicted molar refractivity (Wildman–Crippen MR) is 122 cm³/mol. The quantitative estimate of drug-likeness (QED) is 0.352. The molecular weight excluding hydrogens is 467 g/mol. The number of aliphatic carboxylic acids is 1. The van der Waals surface area contributed by atoms with E-state index in [4.69, 9.17) is 40.5 Å². The van der Waals surface area contributed by atoms with E-state index in [-0.39, 0.29) is 29.7 Å². The van der Waals surface area contributed by atoms with Crippen molar-refractivity contribution >= 4 is 75.2 Å². The van der Waals surface area contributed by atoms with Gasteiger partial charge < -0.3 is 9.67 Å². The largest absolute Gasteiger partial charge is 0.481 e. The summed E-state index contributed by atoms with van der Waals surface area (Å²) in [5, 5.41) is 9.45. The van der Waals surface area contributed by atoms with Crippen LogP contribution in [0.4, 0.5) is 0 Å². The number of aromatic nitrogens is 1. The number of thioether (sulfide) groups is 1. The highest BCUT2D eigenvalue weighted by Gasteiger charge is 2.32. The molecule has 0 bridgehead atoms. The first-order valence-electron chi connectivity index (χ1n) is 8.80. The van der Waals surface area contributed by atoms with E-state index in [1.54, 1.807) is 42.2 Å². The van der Waals surface area contributed by atoms with Crippen LogP contribution < -0.4 is 0 Å². The van der Waals surface area contributed by atoms with Gasteiger partial charge in [-0.05, 0) is 30.7 Å². The highest BCUT2D eigenvalue weighted by molar-refractivity contribution is 8.26. The van der Waals surface area contributed by atoms with Crippen molar-refractivity contribution in [2.24, 2.45) is 7.05 Å². The van der Waals surface area contributed by atoms with E-state index in [1.165, 1.54) is 11.0 Å². The Balaban J connectivity index is 1.88. The molecule has 1 N–H and O–H groups in total. The Hall–Kier alpha value is -2.13. The van der Waals surface area contributed by atoms with Crippen LogP contribution in [0, 0.1) is 0 Å². The summed E-state index contributed by atoms with van der Waals surface area (Å²) in [5.74, 6) is -1.52. The first kappa shape index (κ1) is 22.6. The molecular formula is C20H16Cl2N2O4S2. The number of amides is 1. The molecule has 0 atom stereocenters. The summed E-state index contributed by atoms with van der Waals surface area (Å²) in [6, 6.07) is 4.65. The smallest absolute Gasteiger partial charge is 0.303 e. The van der Waals surface area contributed by atoms with E-state index in [2.05, 4.69) is 0 Å². The second-order valence-electron chi connectivity index (χ2n) is 6.58. The van der Waals surface area contributed by atoms with Gasteiger partial charge in [0.1, 0.15) is 4.32 Å². The van der Waals surface area contributed by atoms with E-state index in [1.807, 2.05) is 0 Å². The zero-order valence-electron chi connectivity index (χ0n) is 15.7. The van der Waals surface area contributed by atoms with Crippen LogP contribution in [0.15, 0.2) is 35.5 Å². The molecule has 3 rings (SSSR count). The Kier molecular flexibility index (Phi) is 7.02. The van der Waals surface area contributed by atoms with Gasteiger partial charge in [0.05, 0.1) is 9.93 Å². The molecule has 0 saturated carbocycles. The monoisotopic (exact) mass is 482 g/mol. The molecule has 1 fully saturated rings. The molecule has 1 aliphatic heterocycles. The number of thiocarbonyl (C=S) groups is 1. The van der Waals surface area contributed by atoms with Crippen molar-refractivity contribution in [2.75, 3.05) is 6.54 Å². The molecule has 6 nitrogen and oxygen atoms in total. The van der Waals surface area contributed by atoms with Crippen molar-refractivity contribution in [3.8, 4) is 0 Å². The molecule has 2 heterocycles. The van der Waals surface area contributed by atoms with Gasteiger partial charge in [0, 0.05) is 54.1 Å². The number of carboxylic acid groups (broad SMARTS) is 1. The highest BCUT2D eigenvalue weighted by Crippen LogP contribution is 2.34. The fourth-order valence-corrected chi connectivity index (χ4v) is 4.74. The summed E-state index contributed by atoms with van der Waals surface area (Å²) in [6.07, 6.45) is 5.27. The standard InChI is InChI=1S/C20H16Cl2N2O4S2/c1-23-9-11(14(10-23)18(27)13-5-4-12(21)8-15(13)22)7-16-19(28)24(20(29)30-16)6-2-3-17(25)26/h4-5,7-10H,2-3,6H2,1H3,(H,25,26). The van der Waals surface area contributed by atoms with Gasteiger partial charge in [-0.25, -0.2) is 0 Å². The van der Waals surface area contributed by atoms with Crippen molar-refractivity contribution in [1.82, 2.24) is 9.47 Å². The minimum atomic E-state index is -0.927. The fourth-order valence-electron chi connectivity index (χ4n) is 2.95. The van der Waals surface area contributed by atoms with Crippen LogP contribution >= 0.6 is 47.2 Å². The second-order valence-corrected chi connectivity index (χ2v) is 9.10. The van der Waals surface area contributed by atoms with Crippen molar-refractivity contribution in [2.45, 2.75) is 12.8 Å². The number of rotatable bonds is 7. The Bertz CT molecular complexity index is 1090. The number of ketones is 1. The third kappa shape index (κ3) is 4.95. The SMILES string of the molecule is Cn1cc(C=C2SC(=S)N(CCCC(=O)O)C2=O)c(C(=O)c2ccc(Cl)cc2Cl)c1. The number of hydrogen-bond donors (Lipinski definition) is 1. The number of carbonyl (C=O) groups excluding carboxylic acids is 2. The van der Waals surface area contributed by atoms with Crippen molar-refractivity contribution in [3.05, 3.63) is 62.2 Å². The summed E-state index contributed by atoms with van der Waals surface area (Å²) in [6.45, 7) is 0.231. The molecule has 1 amide bonds. The van der Waals surface area contributed by atoms with Gasteiger partial charge in [0.15, 0.2) is 5.78 Å². The molecule has 156 valence electrons. The van der Waals surface area contributed by atoms with E-state index >= 15 is 0 Å². The maximum Gasteiger partial charge on any atom is 0.303 e. The molecule has 2 aromatic rings. The van der Waals surface area contributed by atoms with Gasteiger partial charge in [-0.2, -0.15) is 0 Å². The Morgan fingerprint density at radius 3 is 2.63 bits per heavy atom. The summed E-state index contributed by atoms with van der Waals surface area (Å²) in [5.41, 5.74) is 1.25. The average Bonchev–Trinajstić information content (AvgIpc) is 3.15. The van der Waals surface area contributed by atoms with Crippen LogP contribution in [-0.4, -0.2) is 43.1 Å². The Morgan fingerprint density at radius 1 is 1.23 bits per heavy atom. The first-order chi connectivity index (χ1) is 14.2. The minimum Gasteiger partial charge on any atom is -0.481 e. The van der Waals surface area contributed by atoms with Gasteiger partial charge >= 0.3 is 5.97 Å². The maximum atomic E-state index is 13.0. The fraction of sp³-hybridized carbons (Fsp3) is 0.200. The van der Waals surface area contributed by atoms with Crippen LogP contribution in [0.3, 0.4) is 0 Å². The van der Waals surface area contributed by atoms with E-state index in [9.17, 15) is 14.4 Å². The lowest BCUT2D eigenvalue weighted by Gasteiger charge is -2.13. The van der Waals surface area contributed by atoms with Gasteiger partial charge in [-0.1, -0.05) is 47.2 Å². The van der Waals surface area contributed by atoms with Gasteiger partial charge in [0.2, 0.25) is 0 Å². The lowest BCUT2D eigenvalue weighted by Crippen LogP contribution is -2.29. The zero-order valence-corrected chi connectivity index (χ0v) is 18.9. The molecule has 0 spiro atoms. The lowest BCUT2D eigenvalue weighted by molar-refractivity contribution is -0.137. The number of carbonyl (C=O) groups is 3. The van der Waals surface area contributed by atoms with Crippen LogP contribution in [0.2, 0.25) is 10.0 Å². The number of halogens is 2. The van der Waals surface area contributed by atoms with E-state index in [0.717, 1.165) is 11.8 Å². The van der Waals surface area contributed by atoms with Crippen LogP contribution in [0.5, 0.6) is 0 Å². The van der Waals surface area contributed by atoms with Crippen LogP contribution in [-0.2, 0) is 16.6 Å². The normalized spacial score (nSPS) is 15.3. The van der Waals surface area contributed by atoms with Crippen LogP contribution in [0.1, 0.15) is 34.3 Å². The average molecular weight is 483 g/mol. The van der Waals surface area contributed by atoms with Gasteiger partial charge in [0.25, 0.3) is 5.91 Å². The molecule has 1 saturated heterocycles. The van der Waals surface area contributed by atoms with Gasteiger partial charge in [-0.3, -0.25) is 19.3 Å². The Labute approximate surface area is 192 Å². The van der Waals surface area contributed by atoms with Crippen molar-refractivity contribution in [3.63, 3.8) is 0 Å². The summed E-state index contributed by atoms with van der Waals surface area (Å²) < 4.78 is 2.08. The Morgan fingerprint density at radius 2 is 1.97 bits per heavy atom. The molecule has 30 heavy (non-hydrogen) atoms. The number of nitrogens with zero attached hydrogens (tertiary/aromatic N) is 2. The molecule has 1 aromatic carbocycles. The molecule has 10 heteroatoms. The highest BCUT2D eigenvalue weighted by atomic mass is 35.5. The van der Waals surface area contributed by atoms with E-state index < -0.39 is 5.97 Å². The zero-order chi connectivity index (χ0) is 22.0. The summed E-state index contributed by atoms with van der Waals surface area (Å²) in [7, 11) is 1.77. The molecule has 1 aliphatic rings. The summed E-state index contributed by atoms with van der Waals surface area (Å²) >= 11 is 18.5. The summed E-state index contributed by atoms with van der Waals surface area (Å²) in [4.78, 5) is 38.2. The van der Waals surface area contributed by atoms with Crippen molar-refractivity contribution < 1.29 is 19.5 Å². The molecule has 0 aliphatic carbocycles. The van der Waals surface area contributed by atoms with Crippen molar-refractivity contribution in [1.29, 1.82) is 0 Å². The number of benzene rings is 1. The number of hydrogen-bond acceptors (Lipinski definition) is 5. The third-order valence-corrected chi connectivity index (χ3v) is 6.26. The van der Waals surface area contributed by atoms with E-state index in [0.29, 0.717) is 37.4 Å².